The van der Waals surface area contributed by atoms with Crippen LogP contribution in [0.3, 0.4) is 0 Å². The Bertz CT molecular complexity index is 612. The summed E-state index contributed by atoms with van der Waals surface area (Å²) >= 11 is 0. The summed E-state index contributed by atoms with van der Waals surface area (Å²) < 4.78 is 1.35. The lowest BCUT2D eigenvalue weighted by Gasteiger charge is -2.23. The second-order valence-electron chi connectivity index (χ2n) is 6.31. The van der Waals surface area contributed by atoms with Gasteiger partial charge in [0, 0.05) is 13.1 Å². The Kier molecular flexibility index (Phi) is 4.41. The highest BCUT2D eigenvalue weighted by molar-refractivity contribution is 5.60. The molecule has 7 heteroatoms. The number of nitrogens with zero attached hydrogens (tertiary/aromatic N) is 1. The summed E-state index contributed by atoms with van der Waals surface area (Å²) in [6, 6.07) is 0. The first-order valence-corrected chi connectivity index (χ1v) is 7.41. The van der Waals surface area contributed by atoms with E-state index in [1.807, 2.05) is 13.8 Å². The van der Waals surface area contributed by atoms with Crippen LogP contribution in [0, 0.1) is 5.92 Å². The van der Waals surface area contributed by atoms with Crippen molar-refractivity contribution in [1.29, 1.82) is 0 Å². The Labute approximate surface area is 123 Å². The van der Waals surface area contributed by atoms with Crippen LogP contribution in [0.15, 0.2) is 9.59 Å². The van der Waals surface area contributed by atoms with Crippen LogP contribution in [0.2, 0.25) is 0 Å². The van der Waals surface area contributed by atoms with Gasteiger partial charge in [0.1, 0.15) is 11.5 Å². The van der Waals surface area contributed by atoms with Gasteiger partial charge in [-0.05, 0) is 18.8 Å². The van der Waals surface area contributed by atoms with Gasteiger partial charge in [-0.1, -0.05) is 26.7 Å². The largest absolute Gasteiger partial charge is 0.388 e. The summed E-state index contributed by atoms with van der Waals surface area (Å²) in [5, 5.41) is 13.2. The van der Waals surface area contributed by atoms with Crippen LogP contribution in [0.25, 0.3) is 0 Å². The molecule has 1 aliphatic rings. The van der Waals surface area contributed by atoms with Gasteiger partial charge in [0.15, 0.2) is 0 Å². The van der Waals surface area contributed by atoms with Crippen LogP contribution >= 0.6 is 0 Å². The molecule has 0 radical (unpaired) electrons. The number of nitrogens with two attached hydrogens (primary N) is 1. The smallest absolute Gasteiger partial charge is 0.330 e. The number of aromatic amines is 1. The molecular formula is C14H24N4O3. The van der Waals surface area contributed by atoms with E-state index in [-0.39, 0.29) is 24.0 Å². The van der Waals surface area contributed by atoms with Crippen molar-refractivity contribution in [3.63, 3.8) is 0 Å². The van der Waals surface area contributed by atoms with Gasteiger partial charge >= 0.3 is 5.69 Å². The van der Waals surface area contributed by atoms with E-state index in [9.17, 15) is 14.7 Å². The van der Waals surface area contributed by atoms with E-state index >= 15 is 0 Å². The third-order valence-corrected chi connectivity index (χ3v) is 3.92. The minimum absolute atomic E-state index is 0.124. The number of anilines is 2. The zero-order valence-corrected chi connectivity index (χ0v) is 12.6. The highest BCUT2D eigenvalue weighted by Crippen LogP contribution is 2.29. The molecule has 0 saturated heterocycles. The van der Waals surface area contributed by atoms with Crippen molar-refractivity contribution in [3.8, 4) is 0 Å². The molecule has 0 spiro atoms. The van der Waals surface area contributed by atoms with Crippen molar-refractivity contribution < 1.29 is 5.11 Å². The summed E-state index contributed by atoms with van der Waals surface area (Å²) in [6.45, 7) is 4.62. The van der Waals surface area contributed by atoms with Crippen molar-refractivity contribution in [1.82, 2.24) is 9.55 Å². The molecule has 0 unspecified atom stereocenters. The molecule has 0 aromatic carbocycles. The zero-order chi connectivity index (χ0) is 15.6. The van der Waals surface area contributed by atoms with Crippen LogP contribution in [-0.2, 0) is 6.54 Å². The minimum atomic E-state index is -0.794. The van der Waals surface area contributed by atoms with Crippen molar-refractivity contribution >= 4 is 11.5 Å². The minimum Gasteiger partial charge on any atom is -0.388 e. The molecule has 1 heterocycles. The second kappa shape index (κ2) is 5.93. The number of hydrogen-bond donors (Lipinski definition) is 4. The zero-order valence-electron chi connectivity index (χ0n) is 12.6. The molecule has 21 heavy (non-hydrogen) atoms. The fourth-order valence-corrected chi connectivity index (χ4v) is 2.77. The fraction of sp³-hybridized carbons (Fsp3) is 0.714. The highest BCUT2D eigenvalue weighted by Gasteiger charge is 2.31. The van der Waals surface area contributed by atoms with Crippen LogP contribution < -0.4 is 22.3 Å². The summed E-state index contributed by atoms with van der Waals surface area (Å²) in [4.78, 5) is 26.0. The average molecular weight is 296 g/mol. The normalized spacial score (nSPS) is 17.3. The Morgan fingerprint density at radius 3 is 2.57 bits per heavy atom. The number of aliphatic hydroxyl groups is 1. The van der Waals surface area contributed by atoms with Gasteiger partial charge in [-0.25, -0.2) is 4.79 Å². The lowest BCUT2D eigenvalue weighted by molar-refractivity contribution is 0.0614. The number of aromatic nitrogens is 2. The third kappa shape index (κ3) is 3.47. The number of H-pyrrole nitrogens is 1. The molecule has 0 amide bonds. The standard InChI is InChI=1S/C14H24N4O3/c1-9(2)7-18-11(15)10(12(19)17-13(18)20)16-8-14(21)5-3-4-6-14/h9,16,21H,3-8,15H2,1-2H3,(H,17,19,20). The molecule has 1 aromatic rings. The molecule has 0 atom stereocenters. The van der Waals surface area contributed by atoms with Gasteiger partial charge in [-0.2, -0.15) is 0 Å². The second-order valence-corrected chi connectivity index (χ2v) is 6.31. The topological polar surface area (TPSA) is 113 Å². The number of nitrogen functional groups attached to an aromatic ring is 1. The molecule has 0 bridgehead atoms. The van der Waals surface area contributed by atoms with Gasteiger partial charge in [0.25, 0.3) is 5.56 Å². The lowest BCUT2D eigenvalue weighted by Crippen LogP contribution is -2.39. The van der Waals surface area contributed by atoms with Gasteiger partial charge in [0.2, 0.25) is 0 Å². The molecule has 1 saturated carbocycles. The number of hydrogen-bond acceptors (Lipinski definition) is 5. The van der Waals surface area contributed by atoms with E-state index in [1.165, 1.54) is 4.57 Å². The molecular weight excluding hydrogens is 272 g/mol. The predicted molar refractivity (Wildman–Crippen MR) is 82.5 cm³/mol. The number of rotatable bonds is 5. The molecule has 118 valence electrons. The van der Waals surface area contributed by atoms with Crippen molar-refractivity contribution in [2.45, 2.75) is 51.7 Å². The molecule has 7 nitrogen and oxygen atoms in total. The summed E-state index contributed by atoms with van der Waals surface area (Å²) in [6.07, 6.45) is 3.39. The summed E-state index contributed by atoms with van der Waals surface area (Å²) in [5.74, 6) is 0.349. The molecule has 5 N–H and O–H groups in total. The van der Waals surface area contributed by atoms with E-state index in [1.54, 1.807) is 0 Å². The van der Waals surface area contributed by atoms with Gasteiger partial charge in [-0.15, -0.1) is 0 Å². The average Bonchev–Trinajstić information content (AvgIpc) is 2.81. The maximum Gasteiger partial charge on any atom is 0.330 e. The van der Waals surface area contributed by atoms with E-state index in [2.05, 4.69) is 10.3 Å². The maximum atomic E-state index is 11.9. The summed E-state index contributed by atoms with van der Waals surface area (Å²) in [7, 11) is 0. The van der Waals surface area contributed by atoms with E-state index in [0.29, 0.717) is 19.4 Å². The van der Waals surface area contributed by atoms with Crippen LogP contribution in [-0.4, -0.2) is 26.8 Å². The Morgan fingerprint density at radius 2 is 2.00 bits per heavy atom. The Hall–Kier alpha value is -1.76. The first-order chi connectivity index (χ1) is 9.82. The highest BCUT2D eigenvalue weighted by atomic mass is 16.3. The third-order valence-electron chi connectivity index (χ3n) is 3.92. The molecule has 2 rings (SSSR count). The van der Waals surface area contributed by atoms with Gasteiger partial charge in [0.05, 0.1) is 5.60 Å². The van der Waals surface area contributed by atoms with Crippen LogP contribution in [0.1, 0.15) is 39.5 Å². The quantitative estimate of drug-likeness (QED) is 0.631. The first-order valence-electron chi connectivity index (χ1n) is 7.41. The molecule has 1 aliphatic carbocycles. The lowest BCUT2D eigenvalue weighted by atomic mass is 10.0. The predicted octanol–water partition coefficient (Wildman–Crippen LogP) is 0.492. The Morgan fingerprint density at radius 1 is 1.38 bits per heavy atom. The Balaban J connectivity index is 2.26. The van der Waals surface area contributed by atoms with Crippen molar-refractivity contribution in [2.75, 3.05) is 17.6 Å². The summed E-state index contributed by atoms with van der Waals surface area (Å²) in [5.41, 5.74) is 4.28. The maximum absolute atomic E-state index is 11.9. The van der Waals surface area contributed by atoms with Gasteiger partial charge in [-0.3, -0.25) is 14.3 Å². The van der Waals surface area contributed by atoms with Crippen LogP contribution in [0.4, 0.5) is 11.5 Å². The fourth-order valence-electron chi connectivity index (χ4n) is 2.77. The van der Waals surface area contributed by atoms with Crippen molar-refractivity contribution in [3.05, 3.63) is 20.8 Å². The molecule has 1 fully saturated rings. The van der Waals surface area contributed by atoms with Crippen LogP contribution in [0.5, 0.6) is 0 Å². The first kappa shape index (κ1) is 15.6. The van der Waals surface area contributed by atoms with Crippen molar-refractivity contribution in [2.24, 2.45) is 5.92 Å². The SMILES string of the molecule is CC(C)Cn1c(N)c(NCC2(O)CCCC2)c(=O)[nH]c1=O. The monoisotopic (exact) mass is 296 g/mol. The van der Waals surface area contributed by atoms with E-state index < -0.39 is 16.9 Å². The van der Waals surface area contributed by atoms with Gasteiger partial charge < -0.3 is 16.2 Å². The number of nitrogens with one attached hydrogen (secondary N) is 2. The molecule has 1 aromatic heterocycles. The molecule has 0 aliphatic heterocycles. The van der Waals surface area contributed by atoms with E-state index in [0.717, 1.165) is 12.8 Å². The van der Waals surface area contributed by atoms with E-state index in [4.69, 9.17) is 5.73 Å².